The van der Waals surface area contributed by atoms with Crippen LogP contribution >= 0.6 is 0 Å². The minimum Gasteiger partial charge on any atom is -0.502 e. The quantitative estimate of drug-likeness (QED) is 0.130. The van der Waals surface area contributed by atoms with Crippen molar-refractivity contribution in [3.05, 3.63) is 52.8 Å². The Balaban J connectivity index is 1.27. The van der Waals surface area contributed by atoms with E-state index in [1.165, 1.54) is 20.5 Å². The van der Waals surface area contributed by atoms with Gasteiger partial charge in [-0.1, -0.05) is 0 Å². The Labute approximate surface area is 263 Å². The number of rotatable bonds is 17. The molecular weight excluding hydrogens is 580 g/mol. The van der Waals surface area contributed by atoms with E-state index < -0.39 is 23.8 Å². The molecule has 2 aliphatic heterocycles. The number of cyclic esters (lactones) is 1. The maximum absolute atomic E-state index is 13.3. The van der Waals surface area contributed by atoms with Gasteiger partial charge in [0.05, 0.1) is 32.4 Å². The summed E-state index contributed by atoms with van der Waals surface area (Å²) in [6.45, 7) is 4.55. The fourth-order valence-corrected chi connectivity index (χ4v) is 6.21. The van der Waals surface area contributed by atoms with E-state index in [-0.39, 0.29) is 29.9 Å². The van der Waals surface area contributed by atoms with Crippen LogP contribution in [0.1, 0.15) is 67.2 Å². The van der Waals surface area contributed by atoms with Crippen molar-refractivity contribution in [1.29, 1.82) is 0 Å². The van der Waals surface area contributed by atoms with Crippen LogP contribution in [0.2, 0.25) is 0 Å². The van der Waals surface area contributed by atoms with Crippen LogP contribution in [0.4, 0.5) is 0 Å². The second-order valence-electron chi connectivity index (χ2n) is 11.4. The Kier molecular flexibility index (Phi) is 11.0. The normalized spacial score (nSPS) is 19.4. The summed E-state index contributed by atoms with van der Waals surface area (Å²) in [5.41, 5.74) is 8.39. The summed E-state index contributed by atoms with van der Waals surface area (Å²) in [6, 6.07) is 6.51. The summed E-state index contributed by atoms with van der Waals surface area (Å²) in [7, 11) is 2.90. The number of hydrogen-bond donors (Lipinski definition) is 5. The van der Waals surface area contributed by atoms with Crippen LogP contribution in [0, 0.1) is 5.92 Å². The van der Waals surface area contributed by atoms with E-state index in [0.717, 1.165) is 69.4 Å². The Morgan fingerprint density at radius 3 is 2.11 bits per heavy atom. The summed E-state index contributed by atoms with van der Waals surface area (Å²) in [4.78, 5) is 26.5. The van der Waals surface area contributed by atoms with Crippen LogP contribution in [0.25, 0.3) is 0 Å². The zero-order valence-electron chi connectivity index (χ0n) is 26.0. The topological polar surface area (TPSA) is 163 Å². The first-order valence-electron chi connectivity index (χ1n) is 15.7. The number of amides is 1. The molecular formula is C33H44N4O8. The highest BCUT2D eigenvalue weighted by molar-refractivity contribution is 5.85. The van der Waals surface area contributed by atoms with Crippen molar-refractivity contribution in [1.82, 2.24) is 16.0 Å². The zero-order chi connectivity index (χ0) is 31.8. The second kappa shape index (κ2) is 15.3. The average Bonchev–Trinajstić information content (AvgIpc) is 3.67. The molecule has 0 radical (unpaired) electrons. The number of benzene rings is 2. The molecule has 2 heterocycles. The summed E-state index contributed by atoms with van der Waals surface area (Å²) < 4.78 is 27.7. The maximum Gasteiger partial charge on any atom is 0.319 e. The minimum absolute atomic E-state index is 0.0780. The SMILES string of the molecule is COc1cc(C2c3cc4c(cc3[C@@H](NC(=O)CCCCNCCCCNCCCN)C3=COC(=O)[C@@H]32)OCO4)cc(OC)c1O. The number of nitrogens with two attached hydrogens (primary N) is 1. The van der Waals surface area contributed by atoms with Crippen molar-refractivity contribution in [2.24, 2.45) is 11.7 Å². The fraction of sp³-hybridized carbons (Fsp3) is 0.515. The van der Waals surface area contributed by atoms with Crippen molar-refractivity contribution < 1.29 is 38.4 Å². The molecule has 1 amide bonds. The van der Waals surface area contributed by atoms with Gasteiger partial charge < -0.3 is 50.5 Å². The number of unbranched alkanes of at least 4 members (excludes halogenated alkanes) is 2. The summed E-state index contributed by atoms with van der Waals surface area (Å²) in [6.07, 6.45) is 6.62. The van der Waals surface area contributed by atoms with Gasteiger partial charge in [0.15, 0.2) is 23.0 Å². The number of hydrogen-bond acceptors (Lipinski definition) is 11. The molecule has 0 spiro atoms. The molecule has 2 aromatic rings. The standard InChI is InChI=1S/C33H44N4O8/c1-41-26-14-20(15-27(42-2)32(26)39)29-21-16-24-25(45-19-44-24)17-22(21)31(23-18-43-33(40)30(23)29)37-28(38)8-3-4-10-35-11-5-6-12-36-13-7-9-34/h14-18,29-31,35-36,39H,3-13,19,34H2,1-2H3,(H,37,38)/t29?,30-,31+/m0/s1. The Morgan fingerprint density at radius 2 is 1.49 bits per heavy atom. The van der Waals surface area contributed by atoms with Crippen molar-refractivity contribution >= 4 is 11.9 Å². The van der Waals surface area contributed by atoms with E-state index in [1.807, 2.05) is 12.1 Å². The van der Waals surface area contributed by atoms with E-state index >= 15 is 0 Å². The second-order valence-corrected chi connectivity index (χ2v) is 11.4. The molecule has 3 atom stereocenters. The molecule has 2 aromatic carbocycles. The van der Waals surface area contributed by atoms with Crippen molar-refractivity contribution in [3.63, 3.8) is 0 Å². The van der Waals surface area contributed by atoms with E-state index in [2.05, 4.69) is 16.0 Å². The van der Waals surface area contributed by atoms with E-state index in [0.29, 0.717) is 35.6 Å². The van der Waals surface area contributed by atoms with Crippen LogP contribution in [0.3, 0.4) is 0 Å². The smallest absolute Gasteiger partial charge is 0.319 e. The van der Waals surface area contributed by atoms with Gasteiger partial charge in [-0.3, -0.25) is 9.59 Å². The number of phenols is 1. The van der Waals surface area contributed by atoms with Crippen LogP contribution in [-0.2, 0) is 14.3 Å². The molecule has 12 heteroatoms. The van der Waals surface area contributed by atoms with E-state index in [9.17, 15) is 14.7 Å². The van der Waals surface area contributed by atoms with Crippen LogP contribution in [0.5, 0.6) is 28.7 Å². The first kappa shape index (κ1) is 32.4. The van der Waals surface area contributed by atoms with Gasteiger partial charge in [0.25, 0.3) is 0 Å². The van der Waals surface area contributed by atoms with Gasteiger partial charge in [-0.2, -0.15) is 0 Å². The number of ether oxygens (including phenoxy) is 5. The lowest BCUT2D eigenvalue weighted by Gasteiger charge is -2.37. The third-order valence-electron chi connectivity index (χ3n) is 8.50. The lowest BCUT2D eigenvalue weighted by atomic mass is 9.68. The molecule has 0 fully saturated rings. The first-order valence-corrected chi connectivity index (χ1v) is 15.7. The lowest BCUT2D eigenvalue weighted by molar-refractivity contribution is -0.139. The van der Waals surface area contributed by atoms with Crippen molar-refractivity contribution in [3.8, 4) is 28.7 Å². The molecule has 6 N–H and O–H groups in total. The highest BCUT2D eigenvalue weighted by Crippen LogP contribution is 2.55. The number of carbonyl (C=O) groups is 2. The molecule has 12 nitrogen and oxygen atoms in total. The third-order valence-corrected chi connectivity index (χ3v) is 8.50. The van der Waals surface area contributed by atoms with Gasteiger partial charge in [-0.05, 0) is 106 Å². The molecule has 0 bridgehead atoms. The Hall–Kier alpha value is -4.00. The third kappa shape index (κ3) is 7.29. The number of aromatic hydroxyl groups is 1. The molecule has 1 unspecified atom stereocenters. The predicted molar refractivity (Wildman–Crippen MR) is 167 cm³/mol. The van der Waals surface area contributed by atoms with Crippen molar-refractivity contribution in [2.75, 3.05) is 53.7 Å². The first-order chi connectivity index (χ1) is 22.0. The molecule has 45 heavy (non-hydrogen) atoms. The Bertz CT molecular complexity index is 1370. The molecule has 1 aliphatic carbocycles. The monoisotopic (exact) mass is 624 g/mol. The summed E-state index contributed by atoms with van der Waals surface area (Å²) in [5.74, 6) is -0.389. The molecule has 5 rings (SSSR count). The van der Waals surface area contributed by atoms with Crippen LogP contribution < -0.4 is 40.6 Å². The van der Waals surface area contributed by atoms with Gasteiger partial charge >= 0.3 is 5.97 Å². The highest BCUT2D eigenvalue weighted by atomic mass is 16.7. The highest BCUT2D eigenvalue weighted by Gasteiger charge is 2.49. The van der Waals surface area contributed by atoms with Crippen molar-refractivity contribution in [2.45, 2.75) is 50.5 Å². The zero-order valence-corrected chi connectivity index (χ0v) is 26.0. The largest absolute Gasteiger partial charge is 0.502 e. The number of nitrogens with one attached hydrogen (secondary N) is 3. The van der Waals surface area contributed by atoms with Crippen LogP contribution in [-0.4, -0.2) is 70.7 Å². The maximum atomic E-state index is 13.3. The van der Waals surface area contributed by atoms with Gasteiger partial charge in [0.2, 0.25) is 18.4 Å². The van der Waals surface area contributed by atoms with E-state index in [4.69, 9.17) is 29.4 Å². The average molecular weight is 625 g/mol. The molecule has 0 saturated heterocycles. The molecule has 0 aromatic heterocycles. The number of methoxy groups -OCH3 is 2. The molecule has 244 valence electrons. The summed E-state index contributed by atoms with van der Waals surface area (Å²) in [5, 5.41) is 20.6. The van der Waals surface area contributed by atoms with E-state index in [1.54, 1.807) is 12.1 Å². The molecule has 0 saturated carbocycles. The van der Waals surface area contributed by atoms with Crippen LogP contribution in [0.15, 0.2) is 36.1 Å². The van der Waals surface area contributed by atoms with Gasteiger partial charge in [0, 0.05) is 17.9 Å². The van der Waals surface area contributed by atoms with Gasteiger partial charge in [0.1, 0.15) is 0 Å². The molecule has 3 aliphatic rings. The summed E-state index contributed by atoms with van der Waals surface area (Å²) >= 11 is 0. The number of phenolic OH excluding ortho intramolecular Hbond substituents is 1. The number of carbonyl (C=O) groups excluding carboxylic acids is 2. The fourth-order valence-electron chi connectivity index (χ4n) is 6.21. The lowest BCUT2D eigenvalue weighted by Crippen LogP contribution is -2.38. The van der Waals surface area contributed by atoms with Gasteiger partial charge in [-0.15, -0.1) is 0 Å². The minimum atomic E-state index is -0.720. The number of fused-ring (bicyclic) bond motifs is 3. The Morgan fingerprint density at radius 1 is 0.889 bits per heavy atom. The number of esters is 1. The van der Waals surface area contributed by atoms with Gasteiger partial charge in [-0.25, -0.2) is 0 Å². The predicted octanol–water partition coefficient (Wildman–Crippen LogP) is 2.98.